The van der Waals surface area contributed by atoms with Gasteiger partial charge in [-0.15, -0.1) is 0 Å². The molecule has 16 heavy (non-hydrogen) atoms. The molecule has 2 rings (SSSR count). The summed E-state index contributed by atoms with van der Waals surface area (Å²) in [6, 6.07) is 8.83. The highest BCUT2D eigenvalue weighted by Gasteiger charge is 2.16. The van der Waals surface area contributed by atoms with Crippen molar-refractivity contribution in [2.45, 2.75) is 24.7 Å². The van der Waals surface area contributed by atoms with Crippen LogP contribution in [0.2, 0.25) is 0 Å². The van der Waals surface area contributed by atoms with E-state index in [1.54, 1.807) is 0 Å². The minimum absolute atomic E-state index is 0.324. The number of alkyl halides is 1. The third-order valence-corrected chi connectivity index (χ3v) is 3.86. The second kappa shape index (κ2) is 4.74. The molecule has 0 aromatic heterocycles. The van der Waals surface area contributed by atoms with Gasteiger partial charge in [-0.2, -0.15) is 0 Å². The van der Waals surface area contributed by atoms with Crippen LogP contribution in [0.25, 0.3) is 5.57 Å². The van der Waals surface area contributed by atoms with Gasteiger partial charge in [0.25, 0.3) is 0 Å². The maximum absolute atomic E-state index is 2.41. The van der Waals surface area contributed by atoms with Crippen molar-refractivity contribution < 1.29 is 0 Å². The molecule has 0 nitrogen and oxygen atoms in total. The molecule has 1 heteroatoms. The van der Waals surface area contributed by atoms with Gasteiger partial charge in [-0.05, 0) is 28.5 Å². The monoisotopic (exact) mass is 324 g/mol. The minimum atomic E-state index is 0.324. The molecule has 0 N–H and O–H groups in total. The van der Waals surface area contributed by atoms with Crippen LogP contribution in [0.15, 0.2) is 42.5 Å². The molecule has 0 heterocycles. The normalized spacial score (nSPS) is 18.3. The summed E-state index contributed by atoms with van der Waals surface area (Å²) in [5.74, 6) is 0. The van der Waals surface area contributed by atoms with Crippen molar-refractivity contribution in [1.82, 2.24) is 0 Å². The third-order valence-electron chi connectivity index (χ3n) is 2.98. The Morgan fingerprint density at radius 3 is 2.75 bits per heavy atom. The number of rotatable bonds is 2. The Labute approximate surface area is 112 Å². The standard InChI is InChI=1S/C15H17I/c1-15(2)8-6-13(7-9-15)14-5-3-4-12(10-14)11-16/h3-8,10H,9,11H2,1-2H3. The summed E-state index contributed by atoms with van der Waals surface area (Å²) in [7, 11) is 0. The summed E-state index contributed by atoms with van der Waals surface area (Å²) in [6.45, 7) is 4.55. The van der Waals surface area contributed by atoms with Crippen LogP contribution in [0.3, 0.4) is 0 Å². The first kappa shape index (κ1) is 11.9. The average Bonchev–Trinajstić information content (AvgIpc) is 2.29. The van der Waals surface area contributed by atoms with Crippen LogP contribution in [-0.4, -0.2) is 0 Å². The maximum atomic E-state index is 2.41. The van der Waals surface area contributed by atoms with E-state index < -0.39 is 0 Å². The Hall–Kier alpha value is -0.570. The zero-order chi connectivity index (χ0) is 11.6. The highest BCUT2D eigenvalue weighted by atomic mass is 127. The van der Waals surface area contributed by atoms with E-state index in [1.165, 1.54) is 16.7 Å². The third kappa shape index (κ3) is 2.76. The summed E-state index contributed by atoms with van der Waals surface area (Å²) in [5, 5.41) is 0. The molecular weight excluding hydrogens is 307 g/mol. The van der Waals surface area contributed by atoms with E-state index in [9.17, 15) is 0 Å². The Kier molecular flexibility index (Phi) is 3.53. The highest BCUT2D eigenvalue weighted by Crippen LogP contribution is 2.32. The summed E-state index contributed by atoms with van der Waals surface area (Å²) >= 11 is 2.41. The largest absolute Gasteiger partial charge is 0.0812 e. The molecule has 84 valence electrons. The second-order valence-electron chi connectivity index (χ2n) is 5.02. The van der Waals surface area contributed by atoms with E-state index >= 15 is 0 Å². The van der Waals surface area contributed by atoms with Gasteiger partial charge in [-0.3, -0.25) is 0 Å². The lowest BCUT2D eigenvalue weighted by Gasteiger charge is -2.22. The molecular formula is C15H17I. The van der Waals surface area contributed by atoms with Crippen LogP contribution in [-0.2, 0) is 4.43 Å². The lowest BCUT2D eigenvalue weighted by Crippen LogP contribution is -2.08. The van der Waals surface area contributed by atoms with Crippen LogP contribution in [0, 0.1) is 5.41 Å². The first-order valence-corrected chi connectivity index (χ1v) is 7.18. The van der Waals surface area contributed by atoms with E-state index in [1.807, 2.05) is 0 Å². The van der Waals surface area contributed by atoms with E-state index in [2.05, 4.69) is 78.9 Å². The number of hydrogen-bond acceptors (Lipinski definition) is 0. The molecule has 0 saturated carbocycles. The fourth-order valence-electron chi connectivity index (χ4n) is 1.87. The summed E-state index contributed by atoms with van der Waals surface area (Å²) in [5.41, 5.74) is 4.44. The maximum Gasteiger partial charge on any atom is 0.0247 e. The van der Waals surface area contributed by atoms with E-state index in [4.69, 9.17) is 0 Å². The predicted octanol–water partition coefficient (Wildman–Crippen LogP) is 4.99. The van der Waals surface area contributed by atoms with Gasteiger partial charge in [0.05, 0.1) is 0 Å². The van der Waals surface area contributed by atoms with Gasteiger partial charge in [0, 0.05) is 4.43 Å². The molecule has 1 aromatic carbocycles. The molecule has 1 aliphatic carbocycles. The Morgan fingerprint density at radius 2 is 2.12 bits per heavy atom. The first-order chi connectivity index (χ1) is 7.61. The lowest BCUT2D eigenvalue weighted by molar-refractivity contribution is 0.485. The number of allylic oxidation sites excluding steroid dienone is 4. The van der Waals surface area contributed by atoms with E-state index in [-0.39, 0.29) is 0 Å². The minimum Gasteiger partial charge on any atom is -0.0812 e. The molecule has 0 unspecified atom stereocenters. The topological polar surface area (TPSA) is 0 Å². The van der Waals surface area contributed by atoms with E-state index in [0.717, 1.165) is 10.8 Å². The summed E-state index contributed by atoms with van der Waals surface area (Å²) < 4.78 is 1.08. The first-order valence-electron chi connectivity index (χ1n) is 5.65. The number of halogens is 1. The van der Waals surface area contributed by atoms with Crippen molar-refractivity contribution in [3.8, 4) is 0 Å². The summed E-state index contributed by atoms with van der Waals surface area (Å²) in [6.07, 6.45) is 8.06. The van der Waals surface area contributed by atoms with Gasteiger partial charge in [-0.1, -0.05) is 78.9 Å². The van der Waals surface area contributed by atoms with Crippen molar-refractivity contribution in [3.63, 3.8) is 0 Å². The molecule has 0 saturated heterocycles. The molecule has 0 radical (unpaired) electrons. The molecule has 0 aliphatic heterocycles. The number of benzene rings is 1. The van der Waals surface area contributed by atoms with Crippen LogP contribution in [0.4, 0.5) is 0 Å². The molecule has 1 aromatic rings. The Bertz CT molecular complexity index is 439. The van der Waals surface area contributed by atoms with Gasteiger partial charge < -0.3 is 0 Å². The second-order valence-corrected chi connectivity index (χ2v) is 5.78. The van der Waals surface area contributed by atoms with Crippen LogP contribution in [0.5, 0.6) is 0 Å². The Balaban J connectivity index is 2.26. The smallest absolute Gasteiger partial charge is 0.0247 e. The number of hydrogen-bond donors (Lipinski definition) is 0. The molecule has 0 fully saturated rings. The van der Waals surface area contributed by atoms with Crippen molar-refractivity contribution in [3.05, 3.63) is 53.6 Å². The van der Waals surface area contributed by atoms with Crippen molar-refractivity contribution >= 4 is 28.2 Å². The molecule has 0 bridgehead atoms. The van der Waals surface area contributed by atoms with Gasteiger partial charge in [0.15, 0.2) is 0 Å². The lowest BCUT2D eigenvalue weighted by atomic mass is 9.83. The van der Waals surface area contributed by atoms with E-state index in [0.29, 0.717) is 5.41 Å². The quantitative estimate of drug-likeness (QED) is 0.531. The fourth-order valence-corrected chi connectivity index (χ4v) is 2.35. The predicted molar refractivity (Wildman–Crippen MR) is 79.7 cm³/mol. The molecule has 0 atom stereocenters. The summed E-state index contributed by atoms with van der Waals surface area (Å²) in [4.78, 5) is 0. The van der Waals surface area contributed by atoms with Crippen molar-refractivity contribution in [1.29, 1.82) is 0 Å². The van der Waals surface area contributed by atoms with Crippen LogP contribution in [0.1, 0.15) is 31.4 Å². The molecule has 1 aliphatic rings. The SMILES string of the molecule is CC1(C)C=CC(c2cccc(CI)c2)=CC1. The van der Waals surface area contributed by atoms with Gasteiger partial charge in [0.1, 0.15) is 0 Å². The highest BCUT2D eigenvalue weighted by molar-refractivity contribution is 14.1. The zero-order valence-corrected chi connectivity index (χ0v) is 12.0. The molecule has 0 spiro atoms. The van der Waals surface area contributed by atoms with Crippen LogP contribution < -0.4 is 0 Å². The zero-order valence-electron chi connectivity index (χ0n) is 9.83. The Morgan fingerprint density at radius 1 is 1.31 bits per heavy atom. The van der Waals surface area contributed by atoms with Crippen molar-refractivity contribution in [2.24, 2.45) is 5.41 Å². The molecule has 0 amide bonds. The van der Waals surface area contributed by atoms with Crippen LogP contribution >= 0.6 is 22.6 Å². The van der Waals surface area contributed by atoms with Crippen molar-refractivity contribution in [2.75, 3.05) is 0 Å². The fraction of sp³-hybridized carbons (Fsp3) is 0.333. The van der Waals surface area contributed by atoms with Gasteiger partial charge in [-0.25, -0.2) is 0 Å². The average molecular weight is 324 g/mol. The van der Waals surface area contributed by atoms with Gasteiger partial charge in [0.2, 0.25) is 0 Å². The van der Waals surface area contributed by atoms with Gasteiger partial charge >= 0.3 is 0 Å².